The molecule has 0 radical (unpaired) electrons. The van der Waals surface area contributed by atoms with Gasteiger partial charge in [-0.15, -0.1) is 0 Å². The number of benzene rings is 2. The minimum absolute atomic E-state index is 0.0698. The van der Waals surface area contributed by atoms with E-state index in [0.717, 1.165) is 41.3 Å². The minimum Gasteiger partial charge on any atom is -0.497 e. The molecule has 1 aromatic heterocycles. The molecule has 3 heterocycles. The van der Waals surface area contributed by atoms with E-state index in [1.165, 1.54) is 16.5 Å². The van der Waals surface area contributed by atoms with E-state index in [1.807, 2.05) is 12.1 Å². The number of likely N-dealkylation sites (N-methyl/N-ethyl adjacent to an activating group) is 1. The van der Waals surface area contributed by atoms with Crippen LogP contribution in [0, 0.1) is 0 Å². The fourth-order valence-electron chi connectivity index (χ4n) is 4.31. The molecule has 5 rings (SSSR count). The Labute approximate surface area is 157 Å². The lowest BCUT2D eigenvalue weighted by molar-refractivity contribution is 0.171. The van der Waals surface area contributed by atoms with Crippen molar-refractivity contribution in [2.45, 2.75) is 12.5 Å². The number of methoxy groups -OCH3 is 2. The second-order valence-electron chi connectivity index (χ2n) is 7.01. The van der Waals surface area contributed by atoms with E-state index in [9.17, 15) is 0 Å². The third kappa shape index (κ3) is 2.36. The van der Waals surface area contributed by atoms with Crippen LogP contribution in [0.2, 0.25) is 0 Å². The summed E-state index contributed by atoms with van der Waals surface area (Å²) in [5, 5.41) is 1.18. The molecule has 0 fully saturated rings. The molecule has 0 saturated carbocycles. The Morgan fingerprint density at radius 3 is 2.85 bits per heavy atom. The highest BCUT2D eigenvalue weighted by atomic mass is 16.7. The first-order valence-corrected chi connectivity index (χ1v) is 9.06. The van der Waals surface area contributed by atoms with Crippen LogP contribution in [0.5, 0.6) is 23.0 Å². The molecule has 0 aliphatic carbocycles. The molecule has 6 heteroatoms. The number of H-pyrrole nitrogens is 1. The van der Waals surface area contributed by atoms with Gasteiger partial charge in [0.15, 0.2) is 11.5 Å². The monoisotopic (exact) mass is 366 g/mol. The van der Waals surface area contributed by atoms with Gasteiger partial charge in [-0.05, 0) is 42.8 Å². The molecule has 0 spiro atoms. The summed E-state index contributed by atoms with van der Waals surface area (Å²) in [4.78, 5) is 5.76. The first-order valence-electron chi connectivity index (χ1n) is 9.06. The van der Waals surface area contributed by atoms with Crippen molar-refractivity contribution in [2.75, 3.05) is 34.6 Å². The van der Waals surface area contributed by atoms with Crippen LogP contribution in [-0.4, -0.2) is 44.5 Å². The van der Waals surface area contributed by atoms with Crippen molar-refractivity contribution in [3.8, 4) is 23.0 Å². The van der Waals surface area contributed by atoms with Gasteiger partial charge in [0, 0.05) is 35.3 Å². The smallest absolute Gasteiger partial charge is 0.231 e. The molecule has 3 aromatic rings. The number of nitrogens with one attached hydrogen (secondary N) is 1. The Morgan fingerprint density at radius 1 is 1.15 bits per heavy atom. The number of aromatic amines is 1. The van der Waals surface area contributed by atoms with Crippen LogP contribution in [-0.2, 0) is 6.42 Å². The van der Waals surface area contributed by atoms with E-state index in [2.05, 4.69) is 35.3 Å². The Hall–Kier alpha value is -2.86. The van der Waals surface area contributed by atoms with Crippen molar-refractivity contribution in [3.05, 3.63) is 47.2 Å². The molecule has 0 saturated heterocycles. The number of nitrogens with zero attached hydrogens (tertiary/aromatic N) is 1. The van der Waals surface area contributed by atoms with Crippen LogP contribution < -0.4 is 18.9 Å². The summed E-state index contributed by atoms with van der Waals surface area (Å²) in [6.07, 6.45) is 3.04. The molecule has 27 heavy (non-hydrogen) atoms. The second kappa shape index (κ2) is 6.09. The highest BCUT2D eigenvalue weighted by Crippen LogP contribution is 2.51. The maximum Gasteiger partial charge on any atom is 0.231 e. The fourth-order valence-corrected chi connectivity index (χ4v) is 4.31. The topological polar surface area (TPSA) is 56.0 Å². The molecule has 1 atom stereocenters. The Balaban J connectivity index is 1.73. The van der Waals surface area contributed by atoms with Gasteiger partial charge in [-0.2, -0.15) is 0 Å². The van der Waals surface area contributed by atoms with E-state index in [0.29, 0.717) is 5.75 Å². The van der Waals surface area contributed by atoms with Crippen molar-refractivity contribution in [1.82, 2.24) is 9.88 Å². The van der Waals surface area contributed by atoms with Gasteiger partial charge in [0.05, 0.1) is 20.3 Å². The first-order chi connectivity index (χ1) is 13.2. The maximum atomic E-state index is 5.82. The van der Waals surface area contributed by atoms with Crippen molar-refractivity contribution in [2.24, 2.45) is 0 Å². The molecular formula is C21H22N2O4. The van der Waals surface area contributed by atoms with Gasteiger partial charge in [-0.1, -0.05) is 0 Å². The van der Waals surface area contributed by atoms with E-state index < -0.39 is 0 Å². The standard InChI is InChI=1S/C21H22N2O4/c1-23-7-6-12-8-17-20(27-11-26-17)21(25-3)18(12)19(23)15-10-22-16-9-13(24-2)4-5-14(15)16/h4-5,8-10,19,22H,6-7,11H2,1-3H3. The van der Waals surface area contributed by atoms with Crippen molar-refractivity contribution in [3.63, 3.8) is 0 Å². The van der Waals surface area contributed by atoms with E-state index in [1.54, 1.807) is 14.2 Å². The summed E-state index contributed by atoms with van der Waals surface area (Å²) >= 11 is 0. The highest BCUT2D eigenvalue weighted by Gasteiger charge is 2.35. The Morgan fingerprint density at radius 2 is 2.04 bits per heavy atom. The molecule has 0 amide bonds. The first kappa shape index (κ1) is 16.3. The van der Waals surface area contributed by atoms with Crippen LogP contribution in [0.1, 0.15) is 22.7 Å². The fraction of sp³-hybridized carbons (Fsp3) is 0.333. The normalized spacial score (nSPS) is 18.6. The van der Waals surface area contributed by atoms with Gasteiger partial charge < -0.3 is 23.9 Å². The van der Waals surface area contributed by atoms with Gasteiger partial charge >= 0.3 is 0 Å². The summed E-state index contributed by atoms with van der Waals surface area (Å²) in [5.41, 5.74) is 4.69. The Bertz CT molecular complexity index is 1030. The largest absolute Gasteiger partial charge is 0.497 e. The van der Waals surface area contributed by atoms with Crippen LogP contribution in [0.4, 0.5) is 0 Å². The lowest BCUT2D eigenvalue weighted by Gasteiger charge is -2.35. The van der Waals surface area contributed by atoms with Gasteiger partial charge in [0.25, 0.3) is 0 Å². The molecule has 140 valence electrons. The van der Waals surface area contributed by atoms with Gasteiger partial charge in [-0.25, -0.2) is 0 Å². The molecule has 2 aliphatic heterocycles. The number of aromatic nitrogens is 1. The van der Waals surface area contributed by atoms with Gasteiger partial charge in [-0.3, -0.25) is 4.90 Å². The number of fused-ring (bicyclic) bond motifs is 3. The maximum absolute atomic E-state index is 5.82. The van der Waals surface area contributed by atoms with E-state index in [-0.39, 0.29) is 12.8 Å². The SMILES string of the molecule is COc1ccc2c(C3c4c(cc5c(c4OC)OCO5)CCN3C)c[nH]c2c1. The van der Waals surface area contributed by atoms with E-state index >= 15 is 0 Å². The minimum atomic E-state index is 0.0698. The highest BCUT2D eigenvalue weighted by molar-refractivity contribution is 5.86. The molecule has 0 bridgehead atoms. The lowest BCUT2D eigenvalue weighted by atomic mass is 9.87. The number of rotatable bonds is 3. The Kier molecular flexibility index (Phi) is 3.68. The van der Waals surface area contributed by atoms with Crippen LogP contribution in [0.15, 0.2) is 30.5 Å². The quantitative estimate of drug-likeness (QED) is 0.769. The molecule has 1 unspecified atom stereocenters. The summed E-state index contributed by atoms with van der Waals surface area (Å²) in [7, 11) is 5.53. The zero-order valence-corrected chi connectivity index (χ0v) is 15.7. The lowest BCUT2D eigenvalue weighted by Crippen LogP contribution is -2.33. The van der Waals surface area contributed by atoms with Gasteiger partial charge in [0.1, 0.15) is 5.75 Å². The summed E-state index contributed by atoms with van der Waals surface area (Å²) < 4.78 is 22.5. The van der Waals surface area contributed by atoms with Crippen LogP contribution >= 0.6 is 0 Å². The van der Waals surface area contributed by atoms with Crippen molar-refractivity contribution in [1.29, 1.82) is 0 Å². The summed E-state index contributed by atoms with van der Waals surface area (Å²) in [5.74, 6) is 3.10. The van der Waals surface area contributed by atoms with Crippen molar-refractivity contribution < 1.29 is 18.9 Å². The van der Waals surface area contributed by atoms with Crippen LogP contribution in [0.25, 0.3) is 10.9 Å². The predicted molar refractivity (Wildman–Crippen MR) is 102 cm³/mol. The molecule has 6 nitrogen and oxygen atoms in total. The number of ether oxygens (including phenoxy) is 4. The number of hydrogen-bond acceptors (Lipinski definition) is 5. The number of hydrogen-bond donors (Lipinski definition) is 1. The molecule has 2 aromatic carbocycles. The summed E-state index contributed by atoms with van der Waals surface area (Å²) in [6.45, 7) is 1.20. The third-order valence-electron chi connectivity index (χ3n) is 5.61. The van der Waals surface area contributed by atoms with E-state index in [4.69, 9.17) is 18.9 Å². The second-order valence-corrected chi connectivity index (χ2v) is 7.01. The summed E-state index contributed by atoms with van der Waals surface area (Å²) in [6, 6.07) is 8.32. The average Bonchev–Trinajstić information content (AvgIpc) is 3.32. The van der Waals surface area contributed by atoms with Crippen LogP contribution in [0.3, 0.4) is 0 Å². The van der Waals surface area contributed by atoms with Crippen molar-refractivity contribution >= 4 is 10.9 Å². The molecule has 2 aliphatic rings. The zero-order chi connectivity index (χ0) is 18.5. The predicted octanol–water partition coefficient (Wildman–Crippen LogP) is 3.49. The molecular weight excluding hydrogens is 344 g/mol. The van der Waals surface area contributed by atoms with Gasteiger partial charge in [0.2, 0.25) is 12.5 Å². The molecule has 1 N–H and O–H groups in total. The third-order valence-corrected chi connectivity index (χ3v) is 5.61. The zero-order valence-electron chi connectivity index (χ0n) is 15.7. The average molecular weight is 366 g/mol.